The average Bonchev–Trinajstić information content (AvgIpc) is 2.61. The van der Waals surface area contributed by atoms with E-state index < -0.39 is 18.0 Å². The Morgan fingerprint density at radius 1 is 0.407 bits per heavy atom. The van der Waals surface area contributed by atoms with Crippen molar-refractivity contribution >= 4 is 128 Å². The van der Waals surface area contributed by atoms with Gasteiger partial charge in [-0.3, -0.25) is 9.59 Å². The number of Topliss-reactive ketones (excluding diaryl/α,β-unsaturated/α-hetero) is 2. The first kappa shape index (κ1) is 24.0. The third kappa shape index (κ3) is 4.41. The third-order valence-corrected chi connectivity index (χ3v) is 7.85. The largest absolute Gasteiger partial charge is 0.294 e. The Bertz CT molecular complexity index is 862. The Balaban J connectivity index is 2.52. The van der Waals surface area contributed by atoms with Crippen molar-refractivity contribution in [2.24, 2.45) is 0 Å². The monoisotopic (exact) mass is 564 g/mol. The predicted molar refractivity (Wildman–Crippen MR) is 116 cm³/mol. The highest BCUT2D eigenvalue weighted by Gasteiger charge is 2.29. The van der Waals surface area contributed by atoms with E-state index in [1.807, 2.05) is 0 Å². The third-order valence-electron chi connectivity index (χ3n) is 3.30. The first-order valence-corrected chi connectivity index (χ1v) is 10.3. The summed E-state index contributed by atoms with van der Waals surface area (Å²) >= 11 is 59.6. The lowest BCUT2D eigenvalue weighted by Crippen LogP contribution is -2.12. The molecule has 27 heavy (non-hydrogen) atoms. The van der Waals surface area contributed by atoms with Crippen LogP contribution in [0.2, 0.25) is 50.2 Å². The molecule has 144 valence electrons. The van der Waals surface area contributed by atoms with Crippen LogP contribution in [0.25, 0.3) is 0 Å². The van der Waals surface area contributed by atoms with Crippen LogP contribution in [-0.4, -0.2) is 11.6 Å². The van der Waals surface area contributed by atoms with Gasteiger partial charge in [-0.05, 0) is 0 Å². The molecule has 0 aliphatic carbocycles. The number of halogens is 10. The number of carbonyl (C=O) groups excluding carboxylic acids is 2. The summed E-state index contributed by atoms with van der Waals surface area (Å²) in [5.74, 6) is -1.60. The standard InChI is InChI=1S/C15H2Cl10O2/c16-6-4(7(17)11(21)14(24)10(6)20)2(26)1-3(27)5-8(18)12(22)15(25)13(23)9(5)19/h1H2. The van der Waals surface area contributed by atoms with Gasteiger partial charge in [0.25, 0.3) is 0 Å². The molecule has 0 N–H and O–H groups in total. The van der Waals surface area contributed by atoms with Crippen molar-refractivity contribution in [2.75, 3.05) is 0 Å². The summed E-state index contributed by atoms with van der Waals surface area (Å²) < 4.78 is 0. The van der Waals surface area contributed by atoms with Crippen molar-refractivity contribution in [3.8, 4) is 0 Å². The van der Waals surface area contributed by atoms with Gasteiger partial charge < -0.3 is 0 Å². The predicted octanol–water partition coefficient (Wildman–Crippen LogP) is 9.68. The van der Waals surface area contributed by atoms with Crippen molar-refractivity contribution < 1.29 is 9.59 Å². The second-order valence-electron chi connectivity index (χ2n) is 4.91. The molecule has 0 saturated heterocycles. The minimum Gasteiger partial charge on any atom is -0.294 e. The topological polar surface area (TPSA) is 34.1 Å². The maximum absolute atomic E-state index is 12.6. The Kier molecular flexibility index (Phi) is 8.18. The molecule has 2 aromatic carbocycles. The van der Waals surface area contributed by atoms with E-state index in [0.717, 1.165) is 0 Å². The summed E-state index contributed by atoms with van der Waals surface area (Å²) in [7, 11) is 0. The normalized spacial score (nSPS) is 11.0. The van der Waals surface area contributed by atoms with Crippen LogP contribution in [0.3, 0.4) is 0 Å². The van der Waals surface area contributed by atoms with Gasteiger partial charge in [-0.1, -0.05) is 116 Å². The van der Waals surface area contributed by atoms with Crippen LogP contribution in [0.1, 0.15) is 27.1 Å². The van der Waals surface area contributed by atoms with Gasteiger partial charge in [-0.25, -0.2) is 0 Å². The number of hydrogen-bond donors (Lipinski definition) is 0. The summed E-state index contributed by atoms with van der Waals surface area (Å²) in [5, 5.41) is -1.99. The van der Waals surface area contributed by atoms with E-state index in [-0.39, 0.29) is 61.4 Å². The Labute approximate surface area is 203 Å². The highest BCUT2D eigenvalue weighted by molar-refractivity contribution is 6.58. The molecule has 2 rings (SSSR count). The first-order valence-electron chi connectivity index (χ1n) is 6.51. The molecule has 0 amide bonds. The fourth-order valence-corrected chi connectivity index (χ4v) is 4.72. The van der Waals surface area contributed by atoms with E-state index in [1.165, 1.54) is 0 Å². The van der Waals surface area contributed by atoms with Crippen molar-refractivity contribution in [2.45, 2.75) is 6.42 Å². The molecule has 2 aromatic rings. The molecule has 0 fully saturated rings. The first-order chi connectivity index (χ1) is 12.4. The molecule has 0 saturated carbocycles. The van der Waals surface area contributed by atoms with Crippen molar-refractivity contribution in [1.29, 1.82) is 0 Å². The minimum absolute atomic E-state index is 0.126. The molecule has 0 aliphatic rings. The molecule has 0 aliphatic heterocycles. The van der Waals surface area contributed by atoms with Crippen LogP contribution in [0.15, 0.2) is 0 Å². The molecule has 0 atom stereocenters. The number of hydrogen-bond acceptors (Lipinski definition) is 2. The van der Waals surface area contributed by atoms with Gasteiger partial charge in [0.05, 0.1) is 67.8 Å². The van der Waals surface area contributed by atoms with E-state index in [1.54, 1.807) is 0 Å². The van der Waals surface area contributed by atoms with E-state index >= 15 is 0 Å². The Morgan fingerprint density at radius 3 is 0.815 bits per heavy atom. The van der Waals surface area contributed by atoms with Crippen LogP contribution in [0.4, 0.5) is 0 Å². The molecular formula is C15H2Cl10O2. The van der Waals surface area contributed by atoms with Crippen molar-refractivity contribution in [3.05, 3.63) is 61.4 Å². The fraction of sp³-hybridized carbons (Fsp3) is 0.0667. The molecule has 0 spiro atoms. The van der Waals surface area contributed by atoms with Crippen molar-refractivity contribution in [1.82, 2.24) is 0 Å². The highest BCUT2D eigenvalue weighted by atomic mass is 35.5. The lowest BCUT2D eigenvalue weighted by Gasteiger charge is -2.13. The summed E-state index contributed by atoms with van der Waals surface area (Å²) in [6.07, 6.45) is -0.735. The maximum Gasteiger partial charge on any atom is 0.173 e. The second-order valence-corrected chi connectivity index (χ2v) is 8.69. The number of benzene rings is 2. The van der Waals surface area contributed by atoms with Crippen LogP contribution in [0, 0.1) is 0 Å². The Hall–Kier alpha value is 0.680. The highest BCUT2D eigenvalue weighted by Crippen LogP contribution is 2.46. The summed E-state index contributed by atoms with van der Waals surface area (Å²) in [4.78, 5) is 25.2. The lowest BCUT2D eigenvalue weighted by atomic mass is 10.0. The quantitative estimate of drug-likeness (QED) is 0.159. The molecule has 0 unspecified atom stereocenters. The molecule has 0 aromatic heterocycles. The minimum atomic E-state index is -0.801. The zero-order valence-electron chi connectivity index (χ0n) is 12.3. The Morgan fingerprint density at radius 2 is 0.593 bits per heavy atom. The van der Waals surface area contributed by atoms with Crippen LogP contribution in [0.5, 0.6) is 0 Å². The van der Waals surface area contributed by atoms with Gasteiger partial charge in [-0.15, -0.1) is 0 Å². The smallest absolute Gasteiger partial charge is 0.173 e. The number of ketones is 2. The molecule has 0 heterocycles. The SMILES string of the molecule is O=C(CC(=O)c1c(Cl)c(Cl)c(Cl)c(Cl)c1Cl)c1c(Cl)c(Cl)c(Cl)c(Cl)c1Cl. The second kappa shape index (κ2) is 9.22. The average molecular weight is 569 g/mol. The van der Waals surface area contributed by atoms with Gasteiger partial charge in [0.2, 0.25) is 0 Å². The maximum atomic E-state index is 12.6. The van der Waals surface area contributed by atoms with E-state index in [0.29, 0.717) is 0 Å². The molecular weight excluding hydrogens is 567 g/mol. The zero-order valence-corrected chi connectivity index (χ0v) is 19.9. The summed E-state index contributed by atoms with van der Waals surface area (Å²) in [5.41, 5.74) is -0.547. The van der Waals surface area contributed by atoms with E-state index in [9.17, 15) is 9.59 Å². The van der Waals surface area contributed by atoms with Gasteiger partial charge in [0.1, 0.15) is 0 Å². The number of rotatable bonds is 4. The van der Waals surface area contributed by atoms with E-state index in [4.69, 9.17) is 116 Å². The van der Waals surface area contributed by atoms with Crippen LogP contribution in [-0.2, 0) is 0 Å². The molecule has 2 nitrogen and oxygen atoms in total. The zero-order chi connectivity index (χ0) is 20.8. The molecule has 12 heteroatoms. The molecule has 0 bridgehead atoms. The summed E-state index contributed by atoms with van der Waals surface area (Å²) in [6, 6.07) is 0. The van der Waals surface area contributed by atoms with Gasteiger partial charge >= 0.3 is 0 Å². The summed E-state index contributed by atoms with van der Waals surface area (Å²) in [6.45, 7) is 0. The fourth-order valence-electron chi connectivity index (χ4n) is 2.02. The lowest BCUT2D eigenvalue weighted by molar-refractivity contribution is 0.0894. The number of carbonyl (C=O) groups is 2. The van der Waals surface area contributed by atoms with Crippen molar-refractivity contribution in [3.63, 3.8) is 0 Å². The van der Waals surface area contributed by atoms with Gasteiger partial charge in [0.15, 0.2) is 11.6 Å². The van der Waals surface area contributed by atoms with Gasteiger partial charge in [0, 0.05) is 0 Å². The van der Waals surface area contributed by atoms with Crippen LogP contribution >= 0.6 is 116 Å². The van der Waals surface area contributed by atoms with Gasteiger partial charge in [-0.2, -0.15) is 0 Å². The van der Waals surface area contributed by atoms with Crippen LogP contribution < -0.4 is 0 Å². The molecule has 0 radical (unpaired) electrons. The van der Waals surface area contributed by atoms with E-state index in [2.05, 4.69) is 0 Å².